The molecule has 4 atom stereocenters. The van der Waals surface area contributed by atoms with E-state index in [9.17, 15) is 8.42 Å². The quantitative estimate of drug-likeness (QED) is 0.518. The highest BCUT2D eigenvalue weighted by Crippen LogP contribution is 2.35. The first-order valence-corrected chi connectivity index (χ1v) is 11.1. The maximum Gasteiger partial charge on any atom is 0.121 e. The van der Waals surface area contributed by atoms with E-state index in [2.05, 4.69) is 0 Å². The van der Waals surface area contributed by atoms with E-state index in [1.54, 1.807) is 13.8 Å². The number of halogens is 2. The number of alkyl halides is 2. The van der Waals surface area contributed by atoms with Gasteiger partial charge in [0.05, 0.1) is 21.6 Å². The van der Waals surface area contributed by atoms with Gasteiger partial charge in [0.25, 0.3) is 0 Å². The van der Waals surface area contributed by atoms with Crippen LogP contribution in [0.2, 0.25) is 0 Å². The second-order valence-electron chi connectivity index (χ2n) is 6.22. The number of hydrogen-bond acceptors (Lipinski definition) is 2. The Hall–Kier alpha value is -0.680. The highest BCUT2D eigenvalue weighted by molar-refractivity contribution is 7.88. The van der Waals surface area contributed by atoms with Crippen molar-refractivity contribution in [2.24, 2.45) is 0 Å². The first kappa shape index (κ1) is 20.6. The second kappa shape index (κ2) is 8.81. The molecule has 0 aromatic heterocycles. The molecule has 0 spiro atoms. The minimum atomic E-state index is -1.32. The summed E-state index contributed by atoms with van der Waals surface area (Å²) in [5, 5.41) is 0. The van der Waals surface area contributed by atoms with Crippen molar-refractivity contribution >= 4 is 44.8 Å². The molecule has 2 aromatic carbocycles. The van der Waals surface area contributed by atoms with Gasteiger partial charge in [0.1, 0.15) is 8.41 Å². The lowest BCUT2D eigenvalue weighted by molar-refractivity contribution is 0.588. The summed E-state index contributed by atoms with van der Waals surface area (Å²) >= 11 is 13.1. The Bertz CT molecular complexity index is 668. The molecule has 2 nitrogen and oxygen atoms in total. The Morgan fingerprint density at radius 3 is 1.36 bits per heavy atom. The van der Waals surface area contributed by atoms with Crippen molar-refractivity contribution < 1.29 is 8.42 Å². The van der Waals surface area contributed by atoms with Gasteiger partial charge in [-0.05, 0) is 57.4 Å². The van der Waals surface area contributed by atoms with Gasteiger partial charge >= 0.3 is 0 Å². The van der Waals surface area contributed by atoms with E-state index in [4.69, 9.17) is 23.2 Å². The molecule has 0 amide bonds. The molecule has 4 unspecified atom stereocenters. The van der Waals surface area contributed by atoms with Crippen molar-refractivity contribution in [1.29, 1.82) is 0 Å². The second-order valence-corrected chi connectivity index (χ2v) is 12.2. The van der Waals surface area contributed by atoms with E-state index < -0.39 is 30.0 Å². The summed E-state index contributed by atoms with van der Waals surface area (Å²) < 4.78 is 23.6. The molecule has 0 radical (unpaired) electrons. The molecular formula is C19H22Cl2O2S2. The third-order valence-electron chi connectivity index (χ3n) is 3.93. The summed E-state index contributed by atoms with van der Waals surface area (Å²) in [5.41, 5.74) is 0. The van der Waals surface area contributed by atoms with Crippen LogP contribution in [0.25, 0.3) is 0 Å². The lowest BCUT2D eigenvalue weighted by Crippen LogP contribution is -2.27. The van der Waals surface area contributed by atoms with Crippen molar-refractivity contribution in [1.82, 2.24) is 0 Å². The summed E-state index contributed by atoms with van der Waals surface area (Å²) in [4.78, 5) is 1.42. The fraction of sp³-hybridized carbons (Fsp3) is 0.368. The molecule has 0 aliphatic carbocycles. The highest BCUT2D eigenvalue weighted by atomic mass is 35.5. The van der Waals surface area contributed by atoms with Gasteiger partial charge in [-0.2, -0.15) is 0 Å². The average molecular weight is 417 g/mol. The fourth-order valence-electron chi connectivity index (χ4n) is 2.48. The molecule has 25 heavy (non-hydrogen) atoms. The van der Waals surface area contributed by atoms with Crippen LogP contribution in [0.4, 0.5) is 0 Å². The third kappa shape index (κ3) is 5.65. The minimum Gasteiger partial charge on any atom is -0.253 e. The summed E-state index contributed by atoms with van der Waals surface area (Å²) in [7, 11) is -2.64. The van der Waals surface area contributed by atoms with Crippen LogP contribution in [-0.2, 0) is 21.6 Å². The monoisotopic (exact) mass is 416 g/mol. The van der Waals surface area contributed by atoms with Crippen LogP contribution in [0.5, 0.6) is 0 Å². The lowest BCUT2D eigenvalue weighted by Gasteiger charge is -2.25. The Morgan fingerprint density at radius 1 is 0.720 bits per heavy atom. The van der Waals surface area contributed by atoms with Crippen LogP contribution >= 0.6 is 23.2 Å². The van der Waals surface area contributed by atoms with E-state index in [1.165, 1.54) is 0 Å². The summed E-state index contributed by atoms with van der Waals surface area (Å²) in [6.45, 7) is 3.55. The van der Waals surface area contributed by atoms with Crippen LogP contribution in [0.3, 0.4) is 0 Å². The Kier molecular flexibility index (Phi) is 7.27. The largest absolute Gasteiger partial charge is 0.253 e. The van der Waals surface area contributed by atoms with Gasteiger partial charge in [0, 0.05) is 9.79 Å². The van der Waals surface area contributed by atoms with Gasteiger partial charge in [-0.3, -0.25) is 8.42 Å². The van der Waals surface area contributed by atoms with Gasteiger partial charge in [-0.25, -0.2) is 0 Å². The van der Waals surface area contributed by atoms with Crippen LogP contribution in [0.1, 0.15) is 33.1 Å². The van der Waals surface area contributed by atoms with E-state index in [0.29, 0.717) is 29.1 Å². The predicted molar refractivity (Wildman–Crippen MR) is 108 cm³/mol. The zero-order valence-corrected chi connectivity index (χ0v) is 17.4. The molecule has 0 aliphatic heterocycles. The molecule has 0 heterocycles. The highest BCUT2D eigenvalue weighted by Gasteiger charge is 2.33. The molecule has 0 saturated carbocycles. The minimum absolute atomic E-state index is 0.518. The fourth-order valence-corrected chi connectivity index (χ4v) is 5.74. The molecular weight excluding hydrogens is 395 g/mol. The molecule has 0 bridgehead atoms. The van der Waals surface area contributed by atoms with Crippen LogP contribution in [0, 0.1) is 0 Å². The molecule has 0 saturated heterocycles. The van der Waals surface area contributed by atoms with Crippen molar-refractivity contribution in [3.63, 3.8) is 0 Å². The number of benzene rings is 2. The van der Waals surface area contributed by atoms with E-state index in [0.717, 1.165) is 0 Å². The van der Waals surface area contributed by atoms with Gasteiger partial charge in [0.2, 0.25) is 0 Å². The van der Waals surface area contributed by atoms with Crippen molar-refractivity contribution in [2.75, 3.05) is 0 Å². The predicted octanol–water partition coefficient (Wildman–Crippen LogP) is 5.68. The Balaban J connectivity index is 1.96. The molecule has 0 aliphatic rings. The number of rotatable bonds is 8. The van der Waals surface area contributed by atoms with Gasteiger partial charge in [-0.15, -0.1) is 23.2 Å². The van der Waals surface area contributed by atoms with Crippen molar-refractivity contribution in [3.05, 3.63) is 60.7 Å². The van der Waals surface area contributed by atoms with E-state index in [1.807, 2.05) is 60.7 Å². The Labute approximate surface area is 164 Å². The third-order valence-corrected chi connectivity index (χ3v) is 8.51. The first-order chi connectivity index (χ1) is 11.7. The molecule has 0 fully saturated rings. The maximum atomic E-state index is 12.7. The zero-order chi connectivity index (χ0) is 18.5. The zero-order valence-electron chi connectivity index (χ0n) is 14.3. The molecule has 2 aromatic rings. The molecule has 6 heteroatoms. The molecule has 136 valence electrons. The standard InChI is InChI=1S/C19H22Cl2O2S2/c1-18(20,24(22)16-10-5-3-6-11-16)14-9-15-19(2,21)25(23)17-12-7-4-8-13-17/h3-8,10-13H,9,14-15H2,1-2H3. The number of hydrogen-bond donors (Lipinski definition) is 0. The van der Waals surface area contributed by atoms with Crippen molar-refractivity contribution in [2.45, 2.75) is 51.3 Å². The summed E-state index contributed by atoms with van der Waals surface area (Å²) in [5.74, 6) is 0. The summed E-state index contributed by atoms with van der Waals surface area (Å²) in [6.07, 6.45) is 1.67. The molecule has 2 rings (SSSR count). The van der Waals surface area contributed by atoms with Crippen LogP contribution in [-0.4, -0.2) is 16.8 Å². The first-order valence-electron chi connectivity index (χ1n) is 8.06. The smallest absolute Gasteiger partial charge is 0.121 e. The normalized spacial score (nSPS) is 18.7. The summed E-state index contributed by atoms with van der Waals surface area (Å²) in [6, 6.07) is 18.4. The maximum absolute atomic E-state index is 12.7. The Morgan fingerprint density at radius 2 is 1.04 bits per heavy atom. The van der Waals surface area contributed by atoms with Gasteiger partial charge in [0.15, 0.2) is 0 Å². The lowest BCUT2D eigenvalue weighted by atomic mass is 10.1. The van der Waals surface area contributed by atoms with Crippen molar-refractivity contribution in [3.8, 4) is 0 Å². The van der Waals surface area contributed by atoms with Gasteiger partial charge < -0.3 is 0 Å². The topological polar surface area (TPSA) is 34.1 Å². The van der Waals surface area contributed by atoms with E-state index >= 15 is 0 Å². The van der Waals surface area contributed by atoms with Gasteiger partial charge in [-0.1, -0.05) is 36.4 Å². The molecule has 0 N–H and O–H groups in total. The average Bonchev–Trinajstić information content (AvgIpc) is 2.61. The SMILES string of the molecule is CC(Cl)(CCCC(C)(Cl)S(=O)c1ccccc1)S(=O)c1ccccc1. The van der Waals surface area contributed by atoms with E-state index in [-0.39, 0.29) is 0 Å². The van der Waals surface area contributed by atoms with Crippen LogP contribution in [0.15, 0.2) is 70.5 Å². The van der Waals surface area contributed by atoms with Crippen LogP contribution < -0.4 is 0 Å².